The van der Waals surface area contributed by atoms with Crippen LogP contribution in [-0.2, 0) is 6.61 Å². The molecule has 0 N–H and O–H groups in total. The third kappa shape index (κ3) is 2.86. The molecule has 0 saturated carbocycles. The highest BCUT2D eigenvalue weighted by atomic mass is 16.5. The fourth-order valence-electron chi connectivity index (χ4n) is 2.18. The summed E-state index contributed by atoms with van der Waals surface area (Å²) in [5.41, 5.74) is 2.40. The van der Waals surface area contributed by atoms with Gasteiger partial charge in [0, 0.05) is 12.3 Å². The van der Waals surface area contributed by atoms with Crippen LogP contribution in [0.2, 0.25) is 0 Å². The van der Waals surface area contributed by atoms with Crippen LogP contribution in [0.25, 0.3) is 5.52 Å². The van der Waals surface area contributed by atoms with E-state index in [-0.39, 0.29) is 0 Å². The van der Waals surface area contributed by atoms with Gasteiger partial charge < -0.3 is 9.47 Å². The molecular weight excluding hydrogens is 278 g/mol. The Morgan fingerprint density at radius 3 is 2.82 bits per heavy atom. The molecule has 0 aliphatic carbocycles. The fourth-order valence-corrected chi connectivity index (χ4v) is 2.18. The molecule has 0 radical (unpaired) electrons. The van der Waals surface area contributed by atoms with E-state index in [0.717, 1.165) is 11.2 Å². The summed E-state index contributed by atoms with van der Waals surface area (Å²) in [4.78, 5) is 0. The van der Waals surface area contributed by atoms with Gasteiger partial charge in [-0.1, -0.05) is 6.07 Å². The van der Waals surface area contributed by atoms with E-state index in [1.165, 1.54) is 0 Å². The molecule has 0 unspecified atom stereocenters. The topological polar surface area (TPSA) is 59.5 Å². The number of pyridine rings is 1. The minimum atomic E-state index is 0.341. The molecule has 0 aliphatic rings. The molecule has 110 valence electrons. The van der Waals surface area contributed by atoms with Crippen LogP contribution in [0.3, 0.4) is 0 Å². The smallest absolute Gasteiger partial charge is 0.162 e. The minimum Gasteiger partial charge on any atom is -0.490 e. The summed E-state index contributed by atoms with van der Waals surface area (Å²) in [6.45, 7) is 2.75. The van der Waals surface area contributed by atoms with Crippen molar-refractivity contribution in [3.8, 4) is 17.6 Å². The van der Waals surface area contributed by atoms with Crippen LogP contribution in [0.5, 0.6) is 11.5 Å². The second-order valence-electron chi connectivity index (χ2n) is 4.70. The molecule has 0 atom stereocenters. The van der Waals surface area contributed by atoms with Crippen molar-refractivity contribution in [2.24, 2.45) is 0 Å². The summed E-state index contributed by atoms with van der Waals surface area (Å²) in [7, 11) is 0. The van der Waals surface area contributed by atoms with Gasteiger partial charge >= 0.3 is 0 Å². The summed E-state index contributed by atoms with van der Waals surface area (Å²) < 4.78 is 13.1. The third-order valence-corrected chi connectivity index (χ3v) is 3.17. The lowest BCUT2D eigenvalue weighted by molar-refractivity contribution is 0.266. The second kappa shape index (κ2) is 6.19. The Labute approximate surface area is 128 Å². The first-order chi connectivity index (χ1) is 10.8. The molecule has 0 amide bonds. The lowest BCUT2D eigenvalue weighted by Gasteiger charge is -2.11. The van der Waals surface area contributed by atoms with E-state index >= 15 is 0 Å². The summed E-state index contributed by atoms with van der Waals surface area (Å²) in [5, 5.41) is 13.4. The Kier molecular flexibility index (Phi) is 3.92. The number of nitrogens with zero attached hydrogens (tertiary/aromatic N) is 3. The Balaban J connectivity index is 1.79. The molecular formula is C17H15N3O2. The molecule has 0 saturated heterocycles. The standard InChI is InChI=1S/C17H15N3O2/c1-2-21-17-9-13(11-18)6-7-16(17)22-12-14-10-15-5-3-4-8-20(15)19-14/h3-10H,2,12H2,1H3. The van der Waals surface area contributed by atoms with Gasteiger partial charge in [-0.25, -0.2) is 4.52 Å². The van der Waals surface area contributed by atoms with E-state index in [9.17, 15) is 0 Å². The fraction of sp³-hybridized carbons (Fsp3) is 0.176. The number of fused-ring (bicyclic) bond motifs is 1. The van der Waals surface area contributed by atoms with Gasteiger partial charge in [0.15, 0.2) is 11.5 Å². The maximum atomic E-state index is 8.95. The Hall–Kier alpha value is -3.00. The van der Waals surface area contributed by atoms with E-state index in [4.69, 9.17) is 14.7 Å². The van der Waals surface area contributed by atoms with Crippen LogP contribution in [0.1, 0.15) is 18.2 Å². The van der Waals surface area contributed by atoms with Crippen molar-refractivity contribution in [1.82, 2.24) is 9.61 Å². The zero-order chi connectivity index (χ0) is 15.4. The Morgan fingerprint density at radius 2 is 2.05 bits per heavy atom. The van der Waals surface area contributed by atoms with Gasteiger partial charge in [0.1, 0.15) is 12.3 Å². The van der Waals surface area contributed by atoms with E-state index in [1.807, 2.05) is 37.4 Å². The lowest BCUT2D eigenvalue weighted by Crippen LogP contribution is -2.00. The average Bonchev–Trinajstić information content (AvgIpc) is 2.96. The van der Waals surface area contributed by atoms with Gasteiger partial charge in [-0.05, 0) is 37.3 Å². The van der Waals surface area contributed by atoms with Crippen molar-refractivity contribution >= 4 is 5.52 Å². The highest BCUT2D eigenvalue weighted by Gasteiger charge is 2.08. The van der Waals surface area contributed by atoms with Crippen molar-refractivity contribution in [1.29, 1.82) is 5.26 Å². The van der Waals surface area contributed by atoms with E-state index in [0.29, 0.717) is 30.3 Å². The molecule has 2 heterocycles. The Bertz CT molecular complexity index is 800. The van der Waals surface area contributed by atoms with Gasteiger partial charge in [-0.2, -0.15) is 10.4 Å². The Morgan fingerprint density at radius 1 is 1.14 bits per heavy atom. The second-order valence-corrected chi connectivity index (χ2v) is 4.70. The first-order valence-electron chi connectivity index (χ1n) is 7.03. The van der Waals surface area contributed by atoms with Crippen LogP contribution in [0.4, 0.5) is 0 Å². The molecule has 5 heteroatoms. The number of ether oxygens (including phenoxy) is 2. The molecule has 3 aromatic rings. The van der Waals surface area contributed by atoms with Crippen molar-refractivity contribution < 1.29 is 9.47 Å². The molecule has 0 bridgehead atoms. The number of hydrogen-bond donors (Lipinski definition) is 0. The minimum absolute atomic E-state index is 0.341. The molecule has 22 heavy (non-hydrogen) atoms. The molecule has 2 aromatic heterocycles. The highest BCUT2D eigenvalue weighted by molar-refractivity contribution is 5.48. The van der Waals surface area contributed by atoms with Crippen LogP contribution in [0, 0.1) is 11.3 Å². The molecule has 0 spiro atoms. The summed E-state index contributed by atoms with van der Waals surface area (Å²) in [6, 6.07) is 15.1. The number of nitriles is 1. The third-order valence-electron chi connectivity index (χ3n) is 3.17. The van der Waals surface area contributed by atoms with Gasteiger partial charge in [0.2, 0.25) is 0 Å². The normalized spacial score (nSPS) is 10.4. The van der Waals surface area contributed by atoms with Crippen LogP contribution < -0.4 is 9.47 Å². The first-order valence-corrected chi connectivity index (χ1v) is 7.03. The van der Waals surface area contributed by atoms with Gasteiger partial charge in [-0.3, -0.25) is 0 Å². The molecule has 0 aliphatic heterocycles. The van der Waals surface area contributed by atoms with Crippen LogP contribution in [0.15, 0.2) is 48.7 Å². The number of benzene rings is 1. The highest BCUT2D eigenvalue weighted by Crippen LogP contribution is 2.29. The van der Waals surface area contributed by atoms with E-state index < -0.39 is 0 Å². The van der Waals surface area contributed by atoms with Crippen LogP contribution in [-0.4, -0.2) is 16.2 Å². The summed E-state index contributed by atoms with van der Waals surface area (Å²) in [6.07, 6.45) is 1.90. The van der Waals surface area contributed by atoms with E-state index in [1.54, 1.807) is 22.7 Å². The van der Waals surface area contributed by atoms with Gasteiger partial charge in [0.25, 0.3) is 0 Å². The quantitative estimate of drug-likeness (QED) is 0.725. The van der Waals surface area contributed by atoms with Crippen molar-refractivity contribution in [2.45, 2.75) is 13.5 Å². The predicted octanol–water partition coefficient (Wildman–Crippen LogP) is 3.18. The number of aromatic nitrogens is 2. The molecule has 5 nitrogen and oxygen atoms in total. The van der Waals surface area contributed by atoms with Crippen molar-refractivity contribution in [3.63, 3.8) is 0 Å². The monoisotopic (exact) mass is 293 g/mol. The zero-order valence-electron chi connectivity index (χ0n) is 12.2. The summed E-state index contributed by atoms with van der Waals surface area (Å²) >= 11 is 0. The van der Waals surface area contributed by atoms with E-state index in [2.05, 4.69) is 11.2 Å². The largest absolute Gasteiger partial charge is 0.490 e. The van der Waals surface area contributed by atoms with Crippen molar-refractivity contribution in [2.75, 3.05) is 6.61 Å². The first kappa shape index (κ1) is 14.0. The molecule has 1 aromatic carbocycles. The number of rotatable bonds is 5. The lowest BCUT2D eigenvalue weighted by atomic mass is 10.2. The van der Waals surface area contributed by atoms with Gasteiger partial charge in [0.05, 0.1) is 23.8 Å². The number of hydrogen-bond acceptors (Lipinski definition) is 4. The maximum absolute atomic E-state index is 8.95. The van der Waals surface area contributed by atoms with Crippen LogP contribution >= 0.6 is 0 Å². The average molecular weight is 293 g/mol. The molecule has 0 fully saturated rings. The van der Waals surface area contributed by atoms with Gasteiger partial charge in [-0.15, -0.1) is 0 Å². The molecule has 3 rings (SSSR count). The summed E-state index contributed by atoms with van der Waals surface area (Å²) in [5.74, 6) is 1.18. The predicted molar refractivity (Wildman–Crippen MR) is 81.9 cm³/mol. The zero-order valence-corrected chi connectivity index (χ0v) is 12.2. The SMILES string of the molecule is CCOc1cc(C#N)ccc1OCc1cc2ccccn2n1. The van der Waals surface area contributed by atoms with Crippen molar-refractivity contribution in [3.05, 3.63) is 59.9 Å². The maximum Gasteiger partial charge on any atom is 0.162 e.